The van der Waals surface area contributed by atoms with Crippen molar-refractivity contribution in [1.82, 2.24) is 0 Å². The molecule has 1 unspecified atom stereocenters. The molecule has 0 saturated heterocycles. The van der Waals surface area contributed by atoms with Gasteiger partial charge in [0.05, 0.1) is 27.8 Å². The molecule has 1 atom stereocenters. The highest BCUT2D eigenvalue weighted by atomic mass is 79.9. The lowest BCUT2D eigenvalue weighted by Crippen LogP contribution is -2.15. The molecule has 2 nitrogen and oxygen atoms in total. The van der Waals surface area contributed by atoms with Crippen LogP contribution in [0.25, 0.3) is 0 Å². The van der Waals surface area contributed by atoms with E-state index in [9.17, 15) is 9.50 Å². The van der Waals surface area contributed by atoms with Gasteiger partial charge in [-0.15, -0.1) is 0 Å². The van der Waals surface area contributed by atoms with Gasteiger partial charge in [-0.05, 0) is 45.8 Å². The van der Waals surface area contributed by atoms with Crippen LogP contribution in [-0.4, -0.2) is 11.7 Å². The van der Waals surface area contributed by atoms with E-state index in [1.165, 1.54) is 6.07 Å². The molecule has 100 valence electrons. The molecule has 0 aliphatic heterocycles. The molecule has 0 aliphatic carbocycles. The third-order valence-corrected chi connectivity index (χ3v) is 3.70. The Bertz CT molecular complexity index is 579. The fraction of sp³-hybridized carbons (Fsp3) is 0.143. The predicted octanol–water partition coefficient (Wildman–Crippen LogP) is 4.39. The highest BCUT2D eigenvalue weighted by Crippen LogP contribution is 2.27. The SMILES string of the molecule is OCC(Nc1ccccc1Cl)c1ccc(Br)c(F)c1. The number of rotatable bonds is 4. The first-order chi connectivity index (χ1) is 9.11. The lowest BCUT2D eigenvalue weighted by molar-refractivity contribution is 0.276. The lowest BCUT2D eigenvalue weighted by Gasteiger charge is -2.19. The summed E-state index contributed by atoms with van der Waals surface area (Å²) in [6, 6.07) is 11.5. The van der Waals surface area contributed by atoms with Crippen molar-refractivity contribution in [3.05, 3.63) is 63.3 Å². The average molecular weight is 345 g/mol. The van der Waals surface area contributed by atoms with Crippen LogP contribution in [0, 0.1) is 5.82 Å². The molecule has 5 heteroatoms. The molecule has 0 fully saturated rings. The molecule has 2 aromatic carbocycles. The van der Waals surface area contributed by atoms with E-state index in [-0.39, 0.29) is 12.4 Å². The van der Waals surface area contributed by atoms with E-state index in [0.717, 1.165) is 0 Å². The minimum Gasteiger partial charge on any atom is -0.394 e. The van der Waals surface area contributed by atoms with Crippen molar-refractivity contribution >= 4 is 33.2 Å². The van der Waals surface area contributed by atoms with Crippen molar-refractivity contribution < 1.29 is 9.50 Å². The zero-order chi connectivity index (χ0) is 13.8. The summed E-state index contributed by atoms with van der Waals surface area (Å²) in [6.45, 7) is -0.160. The van der Waals surface area contributed by atoms with Crippen LogP contribution in [0.2, 0.25) is 5.02 Å². The van der Waals surface area contributed by atoms with E-state index in [0.29, 0.717) is 20.7 Å². The highest BCUT2D eigenvalue weighted by molar-refractivity contribution is 9.10. The van der Waals surface area contributed by atoms with Gasteiger partial charge in [-0.25, -0.2) is 4.39 Å². The summed E-state index contributed by atoms with van der Waals surface area (Å²) in [4.78, 5) is 0. The van der Waals surface area contributed by atoms with Crippen LogP contribution in [0.5, 0.6) is 0 Å². The molecule has 0 saturated carbocycles. The summed E-state index contributed by atoms with van der Waals surface area (Å²) in [5, 5.41) is 13.1. The van der Waals surface area contributed by atoms with Gasteiger partial charge in [-0.2, -0.15) is 0 Å². The fourth-order valence-electron chi connectivity index (χ4n) is 1.73. The lowest BCUT2D eigenvalue weighted by atomic mass is 10.1. The molecule has 0 spiro atoms. The van der Waals surface area contributed by atoms with Gasteiger partial charge in [0.15, 0.2) is 0 Å². The topological polar surface area (TPSA) is 32.3 Å². The van der Waals surface area contributed by atoms with Gasteiger partial charge in [-0.1, -0.05) is 29.8 Å². The number of para-hydroxylation sites is 1. The van der Waals surface area contributed by atoms with Crippen molar-refractivity contribution in [3.8, 4) is 0 Å². The number of aliphatic hydroxyl groups excluding tert-OH is 1. The second-order valence-corrected chi connectivity index (χ2v) is 5.29. The Morgan fingerprint density at radius 1 is 1.26 bits per heavy atom. The summed E-state index contributed by atoms with van der Waals surface area (Å²) >= 11 is 9.14. The molecule has 0 bridgehead atoms. The summed E-state index contributed by atoms with van der Waals surface area (Å²) in [5.41, 5.74) is 1.36. The Hall–Kier alpha value is -1.10. The number of anilines is 1. The van der Waals surface area contributed by atoms with Gasteiger partial charge >= 0.3 is 0 Å². The smallest absolute Gasteiger partial charge is 0.137 e. The normalized spacial score (nSPS) is 12.2. The summed E-state index contributed by atoms with van der Waals surface area (Å²) < 4.78 is 13.9. The molecule has 0 heterocycles. The zero-order valence-corrected chi connectivity index (χ0v) is 12.2. The van der Waals surface area contributed by atoms with Gasteiger partial charge in [0.2, 0.25) is 0 Å². The Kier molecular flexibility index (Phi) is 4.80. The Labute approximate surface area is 124 Å². The zero-order valence-electron chi connectivity index (χ0n) is 9.91. The van der Waals surface area contributed by atoms with E-state index >= 15 is 0 Å². The quantitative estimate of drug-likeness (QED) is 0.862. The first kappa shape index (κ1) is 14.3. The van der Waals surface area contributed by atoms with Crippen LogP contribution in [0.4, 0.5) is 10.1 Å². The molecular weight excluding hydrogens is 333 g/mol. The standard InChI is InChI=1S/C14H12BrClFNO/c15-10-6-5-9(7-12(10)17)14(8-19)18-13-4-2-1-3-11(13)16/h1-7,14,18-19H,8H2. The van der Waals surface area contributed by atoms with Crippen LogP contribution < -0.4 is 5.32 Å². The molecule has 0 aliphatic rings. The van der Waals surface area contributed by atoms with Gasteiger partial charge < -0.3 is 10.4 Å². The number of hydrogen-bond acceptors (Lipinski definition) is 2. The monoisotopic (exact) mass is 343 g/mol. The van der Waals surface area contributed by atoms with Crippen molar-refractivity contribution in [3.63, 3.8) is 0 Å². The third kappa shape index (κ3) is 3.47. The second-order valence-electron chi connectivity index (χ2n) is 4.03. The van der Waals surface area contributed by atoms with Crippen LogP contribution in [-0.2, 0) is 0 Å². The van der Waals surface area contributed by atoms with Gasteiger partial charge in [0.1, 0.15) is 5.82 Å². The second kappa shape index (κ2) is 6.37. The molecule has 2 N–H and O–H groups in total. The fourth-order valence-corrected chi connectivity index (χ4v) is 2.17. The number of nitrogens with one attached hydrogen (secondary N) is 1. The van der Waals surface area contributed by atoms with Gasteiger partial charge in [-0.3, -0.25) is 0 Å². The summed E-state index contributed by atoms with van der Waals surface area (Å²) in [6.07, 6.45) is 0. The van der Waals surface area contributed by atoms with Gasteiger partial charge in [0, 0.05) is 0 Å². The van der Waals surface area contributed by atoms with Crippen LogP contribution in [0.3, 0.4) is 0 Å². The van der Waals surface area contributed by atoms with E-state index in [4.69, 9.17) is 11.6 Å². The van der Waals surface area contributed by atoms with E-state index in [2.05, 4.69) is 21.2 Å². The van der Waals surface area contributed by atoms with E-state index in [1.54, 1.807) is 24.3 Å². The maximum Gasteiger partial charge on any atom is 0.137 e. The molecule has 2 aromatic rings. The summed E-state index contributed by atoms with van der Waals surface area (Å²) in [5.74, 6) is -0.364. The van der Waals surface area contributed by atoms with E-state index in [1.807, 2.05) is 12.1 Å². The number of aliphatic hydroxyl groups is 1. The van der Waals surface area contributed by atoms with Crippen molar-refractivity contribution in [1.29, 1.82) is 0 Å². The molecule has 19 heavy (non-hydrogen) atoms. The highest BCUT2D eigenvalue weighted by Gasteiger charge is 2.13. The molecule has 0 aromatic heterocycles. The Morgan fingerprint density at radius 2 is 2.00 bits per heavy atom. The first-order valence-electron chi connectivity index (χ1n) is 5.68. The molecule has 0 radical (unpaired) electrons. The first-order valence-corrected chi connectivity index (χ1v) is 6.86. The van der Waals surface area contributed by atoms with E-state index < -0.39 is 6.04 Å². The maximum absolute atomic E-state index is 13.5. The molecule has 0 amide bonds. The molecular formula is C14H12BrClFNO. The third-order valence-electron chi connectivity index (χ3n) is 2.73. The largest absolute Gasteiger partial charge is 0.394 e. The van der Waals surface area contributed by atoms with Gasteiger partial charge in [0.25, 0.3) is 0 Å². The summed E-state index contributed by atoms with van der Waals surface area (Å²) in [7, 11) is 0. The van der Waals surface area contributed by atoms with Crippen molar-refractivity contribution in [2.75, 3.05) is 11.9 Å². The molecule has 2 rings (SSSR count). The van der Waals surface area contributed by atoms with Crippen LogP contribution in [0.15, 0.2) is 46.9 Å². The minimum absolute atomic E-state index is 0.160. The average Bonchev–Trinajstić information content (AvgIpc) is 2.41. The predicted molar refractivity (Wildman–Crippen MR) is 79.0 cm³/mol. The number of halogens is 3. The number of hydrogen-bond donors (Lipinski definition) is 2. The Balaban J connectivity index is 2.25. The minimum atomic E-state index is -0.414. The van der Waals surface area contributed by atoms with Crippen LogP contribution in [0.1, 0.15) is 11.6 Å². The number of benzene rings is 2. The Morgan fingerprint density at radius 3 is 2.63 bits per heavy atom. The maximum atomic E-state index is 13.5. The van der Waals surface area contributed by atoms with Crippen molar-refractivity contribution in [2.24, 2.45) is 0 Å². The van der Waals surface area contributed by atoms with Crippen LogP contribution >= 0.6 is 27.5 Å². The van der Waals surface area contributed by atoms with Crippen molar-refractivity contribution in [2.45, 2.75) is 6.04 Å².